The fourth-order valence-corrected chi connectivity index (χ4v) is 1.23. The van der Waals surface area contributed by atoms with Crippen LogP contribution in [0.15, 0.2) is 18.2 Å². The molecule has 1 rings (SSSR count). The zero-order valence-electron chi connectivity index (χ0n) is 8.87. The number of hydrogen-bond donors (Lipinski definition) is 2. The number of benzene rings is 1. The van der Waals surface area contributed by atoms with Gasteiger partial charge in [-0.05, 0) is 18.6 Å². The summed E-state index contributed by atoms with van der Waals surface area (Å²) in [6.45, 7) is 0.142. The molecule has 0 heterocycles. The smallest absolute Gasteiger partial charge is 0.303 e. The van der Waals surface area contributed by atoms with Crippen molar-refractivity contribution in [2.45, 2.75) is 12.8 Å². The average Bonchev–Trinajstić information content (AvgIpc) is 2.22. The van der Waals surface area contributed by atoms with Crippen molar-refractivity contribution in [3.63, 3.8) is 0 Å². The van der Waals surface area contributed by atoms with Crippen LogP contribution in [0, 0.1) is 11.6 Å². The Morgan fingerprint density at radius 1 is 1.18 bits per heavy atom. The van der Waals surface area contributed by atoms with E-state index >= 15 is 0 Å². The Kier molecular flexibility index (Phi) is 4.56. The second kappa shape index (κ2) is 5.93. The molecule has 92 valence electrons. The number of nitrogens with one attached hydrogen (secondary N) is 1. The summed E-state index contributed by atoms with van der Waals surface area (Å²) < 4.78 is 25.6. The zero-order chi connectivity index (χ0) is 12.8. The van der Waals surface area contributed by atoms with Crippen LogP contribution in [0.3, 0.4) is 0 Å². The van der Waals surface area contributed by atoms with E-state index in [1.54, 1.807) is 0 Å². The molecular formula is C11H11F2NO3. The van der Waals surface area contributed by atoms with Crippen molar-refractivity contribution in [1.82, 2.24) is 5.32 Å². The highest BCUT2D eigenvalue weighted by Crippen LogP contribution is 2.07. The molecule has 0 spiro atoms. The second-order valence-electron chi connectivity index (χ2n) is 3.41. The molecule has 4 nitrogen and oxygen atoms in total. The van der Waals surface area contributed by atoms with Crippen molar-refractivity contribution < 1.29 is 23.5 Å². The minimum Gasteiger partial charge on any atom is -0.481 e. The van der Waals surface area contributed by atoms with Crippen molar-refractivity contribution in [2.24, 2.45) is 0 Å². The van der Waals surface area contributed by atoms with Gasteiger partial charge in [-0.2, -0.15) is 0 Å². The van der Waals surface area contributed by atoms with E-state index in [-0.39, 0.29) is 24.9 Å². The number of carbonyl (C=O) groups is 2. The summed E-state index contributed by atoms with van der Waals surface area (Å²) >= 11 is 0. The van der Waals surface area contributed by atoms with Gasteiger partial charge in [0.1, 0.15) is 11.6 Å². The van der Waals surface area contributed by atoms with Crippen LogP contribution >= 0.6 is 0 Å². The number of carboxylic acids is 1. The summed E-state index contributed by atoms with van der Waals surface area (Å²) in [6, 6.07) is 2.49. The first-order valence-electron chi connectivity index (χ1n) is 4.95. The molecule has 1 aromatic rings. The number of amides is 1. The van der Waals surface area contributed by atoms with E-state index in [9.17, 15) is 18.4 Å². The van der Waals surface area contributed by atoms with E-state index in [2.05, 4.69) is 5.32 Å². The molecule has 0 aliphatic heterocycles. The van der Waals surface area contributed by atoms with Crippen molar-refractivity contribution in [2.75, 3.05) is 6.54 Å². The van der Waals surface area contributed by atoms with E-state index in [1.807, 2.05) is 0 Å². The molecule has 0 radical (unpaired) electrons. The summed E-state index contributed by atoms with van der Waals surface area (Å²) in [6.07, 6.45) is 0.191. The molecule has 2 N–H and O–H groups in total. The third kappa shape index (κ3) is 4.58. The van der Waals surface area contributed by atoms with E-state index in [0.29, 0.717) is 6.07 Å². The third-order valence-electron chi connectivity index (χ3n) is 1.98. The molecule has 17 heavy (non-hydrogen) atoms. The number of rotatable bonds is 5. The zero-order valence-corrected chi connectivity index (χ0v) is 8.87. The normalized spacial score (nSPS) is 10.0. The molecule has 1 amide bonds. The van der Waals surface area contributed by atoms with E-state index in [4.69, 9.17) is 5.11 Å². The Morgan fingerprint density at radius 3 is 2.29 bits per heavy atom. The summed E-state index contributed by atoms with van der Waals surface area (Å²) in [5, 5.41) is 10.7. The Morgan fingerprint density at radius 2 is 1.76 bits per heavy atom. The molecule has 0 aromatic heterocycles. The molecule has 0 aliphatic rings. The summed E-state index contributed by atoms with van der Waals surface area (Å²) in [5.74, 6) is -3.26. The lowest BCUT2D eigenvalue weighted by molar-refractivity contribution is -0.137. The molecule has 0 aliphatic carbocycles. The Labute approximate surface area is 96.3 Å². The van der Waals surface area contributed by atoms with Crippen LogP contribution in [-0.4, -0.2) is 23.5 Å². The maximum atomic E-state index is 12.8. The fraction of sp³-hybridized carbons (Fsp3) is 0.273. The van der Waals surface area contributed by atoms with Crippen LogP contribution in [0.4, 0.5) is 8.78 Å². The van der Waals surface area contributed by atoms with Gasteiger partial charge >= 0.3 is 5.97 Å². The number of hydrogen-bond acceptors (Lipinski definition) is 2. The molecule has 0 saturated carbocycles. The summed E-state index contributed by atoms with van der Waals surface area (Å²) in [7, 11) is 0. The number of aliphatic carboxylic acids is 1. The van der Waals surface area contributed by atoms with Crippen molar-refractivity contribution >= 4 is 11.9 Å². The highest BCUT2D eigenvalue weighted by Gasteiger charge is 2.08. The van der Waals surface area contributed by atoms with Crippen LogP contribution < -0.4 is 5.32 Å². The van der Waals surface area contributed by atoms with Crippen LogP contribution in [0.25, 0.3) is 0 Å². The lowest BCUT2D eigenvalue weighted by atomic mass is 10.2. The van der Waals surface area contributed by atoms with Crippen molar-refractivity contribution in [3.05, 3.63) is 35.4 Å². The topological polar surface area (TPSA) is 66.4 Å². The highest BCUT2D eigenvalue weighted by molar-refractivity contribution is 5.94. The molecule has 0 saturated heterocycles. The Balaban J connectivity index is 2.49. The van der Waals surface area contributed by atoms with Gasteiger partial charge in [0.2, 0.25) is 0 Å². The number of halogens is 2. The predicted octanol–water partition coefficient (Wildman–Crippen LogP) is 1.56. The third-order valence-corrected chi connectivity index (χ3v) is 1.98. The van der Waals surface area contributed by atoms with E-state index < -0.39 is 23.5 Å². The van der Waals surface area contributed by atoms with Gasteiger partial charge in [0.05, 0.1) is 0 Å². The Bertz CT molecular complexity index is 414. The van der Waals surface area contributed by atoms with Crippen LogP contribution in [0.5, 0.6) is 0 Å². The van der Waals surface area contributed by atoms with Gasteiger partial charge in [0.25, 0.3) is 5.91 Å². The van der Waals surface area contributed by atoms with Gasteiger partial charge in [0, 0.05) is 24.6 Å². The lowest BCUT2D eigenvalue weighted by Gasteiger charge is -2.04. The molecule has 1 aromatic carbocycles. The van der Waals surface area contributed by atoms with Crippen LogP contribution in [-0.2, 0) is 4.79 Å². The minimum atomic E-state index is -0.962. The first-order chi connectivity index (χ1) is 7.99. The largest absolute Gasteiger partial charge is 0.481 e. The van der Waals surface area contributed by atoms with Gasteiger partial charge in [0.15, 0.2) is 0 Å². The molecular weight excluding hydrogens is 232 g/mol. The first-order valence-corrected chi connectivity index (χ1v) is 4.95. The SMILES string of the molecule is O=C(O)CCCNC(=O)c1cc(F)cc(F)c1. The lowest BCUT2D eigenvalue weighted by Crippen LogP contribution is -2.25. The van der Waals surface area contributed by atoms with Crippen molar-refractivity contribution in [1.29, 1.82) is 0 Å². The standard InChI is InChI=1S/C11H11F2NO3/c12-8-4-7(5-9(13)6-8)11(17)14-3-1-2-10(15)16/h4-6H,1-3H2,(H,14,17)(H,15,16). The van der Waals surface area contributed by atoms with E-state index in [1.165, 1.54) is 0 Å². The van der Waals surface area contributed by atoms with Crippen LogP contribution in [0.1, 0.15) is 23.2 Å². The maximum absolute atomic E-state index is 12.8. The minimum absolute atomic E-state index is 0.0716. The monoisotopic (exact) mass is 243 g/mol. The maximum Gasteiger partial charge on any atom is 0.303 e. The number of carbonyl (C=O) groups excluding carboxylic acids is 1. The van der Waals surface area contributed by atoms with Gasteiger partial charge in [-0.15, -0.1) is 0 Å². The summed E-state index contributed by atoms with van der Waals surface area (Å²) in [5.41, 5.74) is -0.127. The molecule has 0 bridgehead atoms. The van der Waals surface area contributed by atoms with E-state index in [0.717, 1.165) is 12.1 Å². The van der Waals surface area contributed by atoms with Crippen molar-refractivity contribution in [3.8, 4) is 0 Å². The van der Waals surface area contributed by atoms with Gasteiger partial charge < -0.3 is 10.4 Å². The van der Waals surface area contributed by atoms with Gasteiger partial charge in [-0.1, -0.05) is 0 Å². The predicted molar refractivity (Wildman–Crippen MR) is 55.6 cm³/mol. The number of carboxylic acid groups (broad SMARTS) is 1. The summed E-state index contributed by atoms with van der Waals surface area (Å²) in [4.78, 5) is 21.6. The van der Waals surface area contributed by atoms with Gasteiger partial charge in [-0.25, -0.2) is 8.78 Å². The fourth-order valence-electron chi connectivity index (χ4n) is 1.23. The molecule has 0 unspecified atom stereocenters. The highest BCUT2D eigenvalue weighted by atomic mass is 19.1. The van der Waals surface area contributed by atoms with Crippen LogP contribution in [0.2, 0.25) is 0 Å². The molecule has 0 fully saturated rings. The quantitative estimate of drug-likeness (QED) is 0.771. The molecule has 6 heteroatoms. The first kappa shape index (κ1) is 13.1. The average molecular weight is 243 g/mol. The van der Waals surface area contributed by atoms with Gasteiger partial charge in [-0.3, -0.25) is 9.59 Å². The Hall–Kier alpha value is -1.98. The molecule has 0 atom stereocenters. The second-order valence-corrected chi connectivity index (χ2v) is 3.41.